The van der Waals surface area contributed by atoms with Crippen LogP contribution in [0.15, 0.2) is 54.6 Å². The molecule has 1 unspecified atom stereocenters. The summed E-state index contributed by atoms with van der Waals surface area (Å²) in [7, 11) is 0. The van der Waals surface area contributed by atoms with Gasteiger partial charge in [-0.3, -0.25) is 4.79 Å². The number of hydrogen-bond donors (Lipinski definition) is 0. The van der Waals surface area contributed by atoms with Crippen LogP contribution < -0.4 is 4.74 Å². The van der Waals surface area contributed by atoms with Crippen LogP contribution in [0.5, 0.6) is 11.5 Å². The third-order valence-corrected chi connectivity index (χ3v) is 6.84. The summed E-state index contributed by atoms with van der Waals surface area (Å²) in [5.41, 5.74) is 1.15. The van der Waals surface area contributed by atoms with Crippen LogP contribution >= 0.6 is 11.8 Å². The van der Waals surface area contributed by atoms with E-state index in [2.05, 4.69) is 17.0 Å². The van der Waals surface area contributed by atoms with Gasteiger partial charge in [0.2, 0.25) is 5.91 Å². The van der Waals surface area contributed by atoms with Crippen molar-refractivity contribution in [2.75, 3.05) is 12.3 Å². The second kappa shape index (κ2) is 8.83. The van der Waals surface area contributed by atoms with E-state index in [4.69, 9.17) is 4.74 Å². The molecule has 2 aliphatic rings. The van der Waals surface area contributed by atoms with E-state index < -0.39 is 0 Å². The van der Waals surface area contributed by atoms with Gasteiger partial charge in [0.05, 0.1) is 0 Å². The van der Waals surface area contributed by atoms with Crippen molar-refractivity contribution in [1.29, 1.82) is 0 Å². The molecule has 0 bridgehead atoms. The van der Waals surface area contributed by atoms with Gasteiger partial charge in [-0.2, -0.15) is 0 Å². The molecule has 1 aliphatic heterocycles. The molecule has 27 heavy (non-hydrogen) atoms. The molecular formula is C23H27NO2S. The third kappa shape index (κ3) is 4.67. The van der Waals surface area contributed by atoms with Gasteiger partial charge in [0.25, 0.3) is 0 Å². The predicted octanol–water partition coefficient (Wildman–Crippen LogP) is 6.02. The average Bonchev–Trinajstić information content (AvgIpc) is 3.39. The number of nitrogens with zero attached hydrogens (tertiary/aromatic N) is 1. The van der Waals surface area contributed by atoms with Gasteiger partial charge in [0.15, 0.2) is 0 Å². The lowest BCUT2D eigenvalue weighted by atomic mass is 10.0. The summed E-state index contributed by atoms with van der Waals surface area (Å²) in [6.45, 7) is 0.850. The zero-order valence-corrected chi connectivity index (χ0v) is 16.5. The second-order valence-corrected chi connectivity index (χ2v) is 8.68. The highest BCUT2D eigenvalue weighted by Gasteiger charge is 2.31. The lowest BCUT2D eigenvalue weighted by Gasteiger charge is -2.25. The van der Waals surface area contributed by atoms with Crippen molar-refractivity contribution in [1.82, 2.24) is 4.90 Å². The Bertz CT molecular complexity index is 758. The molecule has 2 fully saturated rings. The van der Waals surface area contributed by atoms with Crippen LogP contribution in [0.3, 0.4) is 0 Å². The summed E-state index contributed by atoms with van der Waals surface area (Å²) in [5.74, 6) is 3.74. The summed E-state index contributed by atoms with van der Waals surface area (Å²) in [6, 6.07) is 18.0. The Kier molecular flexibility index (Phi) is 6.03. The minimum Gasteiger partial charge on any atom is -0.457 e. The molecule has 1 heterocycles. The van der Waals surface area contributed by atoms with Crippen LogP contribution in [0.25, 0.3) is 0 Å². The monoisotopic (exact) mass is 381 g/mol. The van der Waals surface area contributed by atoms with E-state index in [9.17, 15) is 4.79 Å². The van der Waals surface area contributed by atoms with Crippen molar-refractivity contribution < 1.29 is 9.53 Å². The molecule has 1 saturated heterocycles. The standard InChI is InChI=1S/C23H27NO2S/c25-22(14-13-18-7-4-5-8-18)24-15-16-27-23(24)19-9-6-12-21(17-19)26-20-10-2-1-3-11-20/h1-3,6,9-12,17-18,23H,4-5,7-8,13-16H2. The third-order valence-electron chi connectivity index (χ3n) is 5.57. The molecule has 0 spiro atoms. The van der Waals surface area contributed by atoms with Gasteiger partial charge in [-0.15, -0.1) is 11.8 Å². The van der Waals surface area contributed by atoms with E-state index in [0.717, 1.165) is 41.7 Å². The molecule has 1 saturated carbocycles. The first kappa shape index (κ1) is 18.4. The molecule has 142 valence electrons. The van der Waals surface area contributed by atoms with Gasteiger partial charge in [-0.05, 0) is 42.2 Å². The van der Waals surface area contributed by atoms with Crippen LogP contribution in [0.2, 0.25) is 0 Å². The zero-order chi connectivity index (χ0) is 18.5. The molecule has 1 aliphatic carbocycles. The van der Waals surface area contributed by atoms with Gasteiger partial charge in [0.1, 0.15) is 16.9 Å². The fourth-order valence-corrected chi connectivity index (χ4v) is 5.40. The highest BCUT2D eigenvalue weighted by Crippen LogP contribution is 2.40. The Morgan fingerprint density at radius 3 is 2.63 bits per heavy atom. The molecule has 4 heteroatoms. The zero-order valence-electron chi connectivity index (χ0n) is 15.7. The lowest BCUT2D eigenvalue weighted by Crippen LogP contribution is -2.30. The largest absolute Gasteiger partial charge is 0.457 e. The number of carbonyl (C=O) groups is 1. The summed E-state index contributed by atoms with van der Waals surface area (Å²) < 4.78 is 5.98. The molecule has 2 aromatic rings. The van der Waals surface area contributed by atoms with Crippen LogP contribution in [0, 0.1) is 5.92 Å². The van der Waals surface area contributed by atoms with Crippen molar-refractivity contribution in [2.45, 2.75) is 43.9 Å². The molecule has 1 amide bonds. The Morgan fingerprint density at radius 2 is 1.81 bits per heavy atom. The van der Waals surface area contributed by atoms with Crippen molar-refractivity contribution in [3.63, 3.8) is 0 Å². The fraction of sp³-hybridized carbons (Fsp3) is 0.435. The number of ether oxygens (including phenoxy) is 1. The maximum Gasteiger partial charge on any atom is 0.223 e. The number of amides is 1. The minimum atomic E-state index is 0.111. The number of hydrogen-bond acceptors (Lipinski definition) is 3. The van der Waals surface area contributed by atoms with E-state index in [0.29, 0.717) is 12.3 Å². The molecule has 4 rings (SSSR count). The highest BCUT2D eigenvalue weighted by atomic mass is 32.2. The Morgan fingerprint density at radius 1 is 1.04 bits per heavy atom. The Labute approximate surface area is 166 Å². The molecule has 0 N–H and O–H groups in total. The van der Waals surface area contributed by atoms with Crippen molar-refractivity contribution in [3.8, 4) is 11.5 Å². The van der Waals surface area contributed by atoms with E-state index in [-0.39, 0.29) is 5.37 Å². The lowest BCUT2D eigenvalue weighted by molar-refractivity contribution is -0.131. The second-order valence-electron chi connectivity index (χ2n) is 7.49. The topological polar surface area (TPSA) is 29.5 Å². The predicted molar refractivity (Wildman–Crippen MR) is 111 cm³/mol. The van der Waals surface area contributed by atoms with E-state index in [1.54, 1.807) is 0 Å². The number of carbonyl (C=O) groups excluding carboxylic acids is 1. The first-order chi connectivity index (χ1) is 13.3. The molecule has 2 aromatic carbocycles. The average molecular weight is 382 g/mol. The van der Waals surface area contributed by atoms with E-state index in [1.165, 1.54) is 25.7 Å². The summed E-state index contributed by atoms with van der Waals surface area (Å²) >= 11 is 1.85. The van der Waals surface area contributed by atoms with Crippen LogP contribution in [0.4, 0.5) is 0 Å². The number of rotatable bonds is 6. The van der Waals surface area contributed by atoms with Gasteiger partial charge in [0, 0.05) is 18.7 Å². The van der Waals surface area contributed by atoms with Crippen LogP contribution in [0.1, 0.15) is 49.5 Å². The number of thioether (sulfide) groups is 1. The van der Waals surface area contributed by atoms with Gasteiger partial charge in [-0.25, -0.2) is 0 Å². The van der Waals surface area contributed by atoms with Crippen LogP contribution in [-0.4, -0.2) is 23.1 Å². The fourth-order valence-electron chi connectivity index (χ4n) is 4.13. The Balaban J connectivity index is 1.42. The Hall–Kier alpha value is -1.94. The molecule has 0 radical (unpaired) electrons. The molecule has 0 aromatic heterocycles. The van der Waals surface area contributed by atoms with Crippen molar-refractivity contribution in [2.24, 2.45) is 5.92 Å². The van der Waals surface area contributed by atoms with E-state index in [1.807, 2.05) is 54.2 Å². The summed E-state index contributed by atoms with van der Waals surface area (Å²) in [5, 5.41) is 0.111. The maximum atomic E-state index is 12.8. The number of benzene rings is 2. The first-order valence-electron chi connectivity index (χ1n) is 10.0. The number of para-hydroxylation sites is 1. The molecule has 3 nitrogen and oxygen atoms in total. The van der Waals surface area contributed by atoms with Crippen molar-refractivity contribution in [3.05, 3.63) is 60.2 Å². The molecule has 1 atom stereocenters. The smallest absolute Gasteiger partial charge is 0.223 e. The van der Waals surface area contributed by atoms with Crippen molar-refractivity contribution >= 4 is 17.7 Å². The summed E-state index contributed by atoms with van der Waals surface area (Å²) in [4.78, 5) is 14.9. The van der Waals surface area contributed by atoms with E-state index >= 15 is 0 Å². The highest BCUT2D eigenvalue weighted by molar-refractivity contribution is 7.99. The van der Waals surface area contributed by atoms with Gasteiger partial charge >= 0.3 is 0 Å². The minimum absolute atomic E-state index is 0.111. The maximum absolute atomic E-state index is 12.8. The van der Waals surface area contributed by atoms with Gasteiger partial charge < -0.3 is 9.64 Å². The quantitative estimate of drug-likeness (QED) is 0.612. The SMILES string of the molecule is O=C(CCC1CCCC1)N1CCSC1c1cccc(Oc2ccccc2)c1. The van der Waals surface area contributed by atoms with Gasteiger partial charge in [-0.1, -0.05) is 56.0 Å². The molecular weight excluding hydrogens is 354 g/mol. The van der Waals surface area contributed by atoms with Crippen LogP contribution in [-0.2, 0) is 4.79 Å². The summed E-state index contributed by atoms with van der Waals surface area (Å²) in [6.07, 6.45) is 7.06. The normalized spacial score (nSPS) is 20.1. The first-order valence-corrected chi connectivity index (χ1v) is 11.1.